The number of nitriles is 1. The summed E-state index contributed by atoms with van der Waals surface area (Å²) in [6, 6.07) is 7.77. The Hall–Kier alpha value is -1.28. The number of carbonyl (C=O) groups excluding carboxylic acids is 1. The summed E-state index contributed by atoms with van der Waals surface area (Å²) < 4.78 is 5.70. The van der Waals surface area contributed by atoms with Crippen molar-refractivity contribution in [3.63, 3.8) is 0 Å². The molecule has 0 aliphatic carbocycles. The maximum absolute atomic E-state index is 12.3. The van der Waals surface area contributed by atoms with Crippen LogP contribution in [0.1, 0.15) is 38.7 Å². The Morgan fingerprint density at radius 1 is 1.42 bits per heavy atom. The van der Waals surface area contributed by atoms with Gasteiger partial charge in [-0.1, -0.05) is 29.3 Å². The molecule has 0 spiro atoms. The van der Waals surface area contributed by atoms with Crippen LogP contribution in [0.5, 0.6) is 0 Å². The number of halogens is 2. The number of ether oxygens (including phenoxy) is 1. The first kappa shape index (κ1) is 19.1. The predicted octanol–water partition coefficient (Wildman–Crippen LogP) is 4.14. The lowest BCUT2D eigenvalue weighted by Gasteiger charge is -2.26. The SMILES string of the molecule is CC(C)(CCc1ccc(Cl)c(Cl)c1)OC(=O)[C@H]1CN[C@H](CC#N)C1. The number of esters is 1. The lowest BCUT2D eigenvalue weighted by Crippen LogP contribution is -2.32. The number of nitrogens with one attached hydrogen (secondary N) is 1. The predicted molar refractivity (Wildman–Crippen MR) is 95.1 cm³/mol. The standard InChI is InChI=1S/C18H22Cl2N2O2/c1-18(2,7-5-12-3-4-15(19)16(20)9-12)24-17(23)13-10-14(6-8-21)22-11-13/h3-4,9,13-14,22H,5-7,10-11H2,1-2H3/t13-,14-/m1/s1. The number of carbonyl (C=O) groups is 1. The van der Waals surface area contributed by atoms with Gasteiger partial charge in [0.25, 0.3) is 0 Å². The van der Waals surface area contributed by atoms with Crippen LogP contribution in [-0.4, -0.2) is 24.2 Å². The molecule has 0 saturated carbocycles. The minimum atomic E-state index is -0.559. The molecule has 1 heterocycles. The molecular formula is C18H22Cl2N2O2. The summed E-state index contributed by atoms with van der Waals surface area (Å²) in [5.41, 5.74) is 0.501. The van der Waals surface area contributed by atoms with Gasteiger partial charge in [-0.3, -0.25) is 4.79 Å². The summed E-state index contributed by atoms with van der Waals surface area (Å²) in [7, 11) is 0. The Bertz CT molecular complexity index is 640. The van der Waals surface area contributed by atoms with E-state index in [1.54, 1.807) is 6.07 Å². The quantitative estimate of drug-likeness (QED) is 0.766. The van der Waals surface area contributed by atoms with Crippen LogP contribution in [0.2, 0.25) is 10.0 Å². The Kier molecular flexibility index (Phi) is 6.51. The van der Waals surface area contributed by atoms with Crippen molar-refractivity contribution in [2.45, 2.75) is 51.2 Å². The smallest absolute Gasteiger partial charge is 0.310 e. The Labute approximate surface area is 153 Å². The van der Waals surface area contributed by atoms with Gasteiger partial charge in [0, 0.05) is 12.6 Å². The summed E-state index contributed by atoms with van der Waals surface area (Å²) in [6.07, 6.45) is 2.52. The highest BCUT2D eigenvalue weighted by Gasteiger charge is 2.33. The minimum absolute atomic E-state index is 0.0897. The number of hydrogen-bond acceptors (Lipinski definition) is 4. The molecule has 2 rings (SSSR count). The second kappa shape index (κ2) is 8.20. The van der Waals surface area contributed by atoms with Gasteiger partial charge >= 0.3 is 5.97 Å². The van der Waals surface area contributed by atoms with Crippen LogP contribution in [0.4, 0.5) is 0 Å². The van der Waals surface area contributed by atoms with Crippen molar-refractivity contribution in [3.8, 4) is 6.07 Å². The molecule has 1 fully saturated rings. The molecule has 0 radical (unpaired) electrons. The molecule has 4 nitrogen and oxygen atoms in total. The molecule has 0 aromatic heterocycles. The van der Waals surface area contributed by atoms with Gasteiger partial charge in [0.1, 0.15) is 5.60 Å². The molecule has 24 heavy (non-hydrogen) atoms. The van der Waals surface area contributed by atoms with Crippen LogP contribution in [0.15, 0.2) is 18.2 Å². The summed E-state index contributed by atoms with van der Waals surface area (Å²) >= 11 is 11.9. The zero-order chi connectivity index (χ0) is 17.7. The van der Waals surface area contributed by atoms with Gasteiger partial charge in [0.05, 0.1) is 28.5 Å². The van der Waals surface area contributed by atoms with E-state index in [2.05, 4.69) is 11.4 Å². The molecular weight excluding hydrogens is 347 g/mol. The monoisotopic (exact) mass is 368 g/mol. The zero-order valence-electron chi connectivity index (χ0n) is 13.9. The van der Waals surface area contributed by atoms with E-state index < -0.39 is 5.60 Å². The van der Waals surface area contributed by atoms with E-state index in [-0.39, 0.29) is 17.9 Å². The van der Waals surface area contributed by atoms with Gasteiger partial charge in [-0.2, -0.15) is 5.26 Å². The highest BCUT2D eigenvalue weighted by atomic mass is 35.5. The van der Waals surface area contributed by atoms with E-state index >= 15 is 0 Å². The van der Waals surface area contributed by atoms with Crippen molar-refractivity contribution >= 4 is 29.2 Å². The molecule has 2 atom stereocenters. The Balaban J connectivity index is 1.85. The Morgan fingerprint density at radius 2 is 2.17 bits per heavy atom. The largest absolute Gasteiger partial charge is 0.459 e. The van der Waals surface area contributed by atoms with Crippen LogP contribution >= 0.6 is 23.2 Å². The van der Waals surface area contributed by atoms with Crippen molar-refractivity contribution in [2.75, 3.05) is 6.54 Å². The second-order valence-corrected chi connectivity index (χ2v) is 7.64. The highest BCUT2D eigenvalue weighted by molar-refractivity contribution is 6.42. The fraction of sp³-hybridized carbons (Fsp3) is 0.556. The van der Waals surface area contributed by atoms with Gasteiger partial charge in [0.2, 0.25) is 0 Å². The van der Waals surface area contributed by atoms with Crippen molar-refractivity contribution in [3.05, 3.63) is 33.8 Å². The first-order valence-electron chi connectivity index (χ1n) is 8.08. The zero-order valence-corrected chi connectivity index (χ0v) is 15.5. The van der Waals surface area contributed by atoms with E-state index in [4.69, 9.17) is 33.2 Å². The third-order valence-corrected chi connectivity index (χ3v) is 5.01. The molecule has 1 aliphatic heterocycles. The highest BCUT2D eigenvalue weighted by Crippen LogP contribution is 2.26. The van der Waals surface area contributed by atoms with Gasteiger partial charge in [-0.15, -0.1) is 0 Å². The van der Waals surface area contributed by atoms with E-state index in [0.717, 1.165) is 12.0 Å². The van der Waals surface area contributed by atoms with Crippen molar-refractivity contribution in [1.29, 1.82) is 5.26 Å². The van der Waals surface area contributed by atoms with Gasteiger partial charge < -0.3 is 10.1 Å². The van der Waals surface area contributed by atoms with Crippen molar-refractivity contribution < 1.29 is 9.53 Å². The molecule has 1 aromatic rings. The van der Waals surface area contributed by atoms with E-state index in [1.807, 2.05) is 26.0 Å². The number of aryl methyl sites for hydroxylation is 1. The van der Waals surface area contributed by atoms with Gasteiger partial charge in [-0.05, 0) is 50.8 Å². The average molecular weight is 369 g/mol. The van der Waals surface area contributed by atoms with Crippen molar-refractivity contribution in [2.24, 2.45) is 5.92 Å². The molecule has 130 valence electrons. The average Bonchev–Trinajstić information content (AvgIpc) is 2.97. The molecule has 6 heteroatoms. The van der Waals surface area contributed by atoms with E-state index in [0.29, 0.717) is 35.9 Å². The lowest BCUT2D eigenvalue weighted by molar-refractivity contribution is -0.161. The first-order valence-corrected chi connectivity index (χ1v) is 8.83. The molecule has 0 unspecified atom stereocenters. The minimum Gasteiger partial charge on any atom is -0.459 e. The summed E-state index contributed by atoms with van der Waals surface area (Å²) in [6.45, 7) is 4.41. The third kappa shape index (κ3) is 5.37. The summed E-state index contributed by atoms with van der Waals surface area (Å²) in [4.78, 5) is 12.3. The van der Waals surface area contributed by atoms with Gasteiger partial charge in [0.15, 0.2) is 0 Å². The number of nitrogens with zero attached hydrogens (tertiary/aromatic N) is 1. The normalized spacial score (nSPS) is 20.6. The topological polar surface area (TPSA) is 62.1 Å². The molecule has 1 saturated heterocycles. The van der Waals surface area contributed by atoms with Crippen LogP contribution < -0.4 is 5.32 Å². The number of rotatable bonds is 6. The molecule has 0 bridgehead atoms. The maximum atomic E-state index is 12.3. The fourth-order valence-electron chi connectivity index (χ4n) is 2.81. The first-order chi connectivity index (χ1) is 11.3. The fourth-order valence-corrected chi connectivity index (χ4v) is 3.13. The molecule has 1 N–H and O–H groups in total. The van der Waals surface area contributed by atoms with Crippen LogP contribution in [0.25, 0.3) is 0 Å². The van der Waals surface area contributed by atoms with Gasteiger partial charge in [-0.25, -0.2) is 0 Å². The maximum Gasteiger partial charge on any atom is 0.310 e. The molecule has 0 amide bonds. The van der Waals surface area contributed by atoms with E-state index in [1.165, 1.54) is 0 Å². The van der Waals surface area contributed by atoms with E-state index in [9.17, 15) is 4.79 Å². The second-order valence-electron chi connectivity index (χ2n) is 6.83. The summed E-state index contributed by atoms with van der Waals surface area (Å²) in [5.74, 6) is -0.366. The van der Waals surface area contributed by atoms with Crippen LogP contribution in [0.3, 0.4) is 0 Å². The molecule has 1 aliphatic rings. The Morgan fingerprint density at radius 3 is 2.83 bits per heavy atom. The molecule has 1 aromatic carbocycles. The van der Waals surface area contributed by atoms with Crippen LogP contribution in [0, 0.1) is 17.2 Å². The van der Waals surface area contributed by atoms with Crippen molar-refractivity contribution in [1.82, 2.24) is 5.32 Å². The number of benzene rings is 1. The number of hydrogen-bond donors (Lipinski definition) is 1. The third-order valence-electron chi connectivity index (χ3n) is 4.27. The van der Waals surface area contributed by atoms with Crippen LogP contribution in [-0.2, 0) is 16.0 Å². The lowest BCUT2D eigenvalue weighted by atomic mass is 9.97. The summed E-state index contributed by atoms with van der Waals surface area (Å²) in [5, 5.41) is 13.0.